The molecule has 1 aliphatic carbocycles. The summed E-state index contributed by atoms with van der Waals surface area (Å²) in [7, 11) is -3.76. The Labute approximate surface area is 144 Å². The molecule has 0 saturated heterocycles. The van der Waals surface area contributed by atoms with Gasteiger partial charge in [0.25, 0.3) is 10.0 Å². The minimum Gasteiger partial charge on any atom is -0.360 e. The zero-order valence-electron chi connectivity index (χ0n) is 13.7. The molecule has 0 spiro atoms. The topological polar surface area (TPSA) is 116 Å². The third-order valence-corrected chi connectivity index (χ3v) is 5.64. The molecule has 1 saturated carbocycles. The number of benzene rings is 1. The molecule has 4 rings (SSSR count). The normalized spacial score (nSPS) is 14.6. The number of rotatable bonds is 5. The fourth-order valence-corrected chi connectivity index (χ4v) is 4.09. The van der Waals surface area contributed by atoms with Crippen molar-refractivity contribution in [1.29, 1.82) is 0 Å². The summed E-state index contributed by atoms with van der Waals surface area (Å²) >= 11 is 0. The zero-order valence-corrected chi connectivity index (χ0v) is 14.5. The number of hydrogen-bond acceptors (Lipinski definition) is 7. The van der Waals surface area contributed by atoms with E-state index in [1.807, 2.05) is 4.68 Å². The minimum absolute atomic E-state index is 0.0641. The van der Waals surface area contributed by atoms with Crippen molar-refractivity contribution in [2.24, 2.45) is 0 Å². The van der Waals surface area contributed by atoms with Gasteiger partial charge in [-0.05, 0) is 61.4 Å². The van der Waals surface area contributed by atoms with Gasteiger partial charge in [0, 0.05) is 11.3 Å². The van der Waals surface area contributed by atoms with Crippen molar-refractivity contribution in [2.75, 3.05) is 4.72 Å². The van der Waals surface area contributed by atoms with Crippen LogP contribution in [0.1, 0.15) is 30.3 Å². The highest BCUT2D eigenvalue weighted by Gasteiger charge is 2.28. The lowest BCUT2D eigenvalue weighted by molar-refractivity contribution is 0.390. The molecule has 1 aromatic carbocycles. The lowest BCUT2D eigenvalue weighted by atomic mass is 10.2. The highest BCUT2D eigenvalue weighted by atomic mass is 32.2. The molecule has 1 N–H and O–H groups in total. The van der Waals surface area contributed by atoms with Crippen LogP contribution in [0.3, 0.4) is 0 Å². The molecule has 9 nitrogen and oxygen atoms in total. The third kappa shape index (κ3) is 2.88. The number of sulfonamides is 1. The Kier molecular flexibility index (Phi) is 3.57. The van der Waals surface area contributed by atoms with Crippen molar-refractivity contribution in [3.8, 4) is 11.4 Å². The third-order valence-electron chi connectivity index (χ3n) is 4.02. The van der Waals surface area contributed by atoms with Gasteiger partial charge in [0.1, 0.15) is 5.69 Å². The molecule has 0 aliphatic heterocycles. The Morgan fingerprint density at radius 1 is 1.20 bits per heavy atom. The average Bonchev–Trinajstić information content (AvgIpc) is 3.19. The average molecular weight is 360 g/mol. The Balaban J connectivity index is 1.59. The number of tetrazole rings is 1. The molecule has 130 valence electrons. The van der Waals surface area contributed by atoms with E-state index >= 15 is 0 Å². The van der Waals surface area contributed by atoms with Crippen LogP contribution in [-0.4, -0.2) is 33.8 Å². The standard InChI is InChI=1S/C15H16N6O3S/c1-9-14(10(2)24-17-9)25(22,23)18-12-5-3-11(4-6-12)15-16-19-20-21(15)13-7-8-13/h3-6,13,18H,7-8H2,1-2H3. The van der Waals surface area contributed by atoms with Gasteiger partial charge >= 0.3 is 0 Å². The molecule has 0 amide bonds. The molecule has 1 fully saturated rings. The van der Waals surface area contributed by atoms with Crippen molar-refractivity contribution in [2.45, 2.75) is 37.6 Å². The number of aryl methyl sites for hydroxylation is 2. The first-order chi connectivity index (χ1) is 12.0. The monoisotopic (exact) mass is 360 g/mol. The molecular formula is C15H16N6O3S. The number of nitrogens with one attached hydrogen (secondary N) is 1. The van der Waals surface area contributed by atoms with E-state index in [1.165, 1.54) is 0 Å². The summed E-state index contributed by atoms with van der Waals surface area (Å²) < 4.78 is 34.3. The summed E-state index contributed by atoms with van der Waals surface area (Å²) in [5.41, 5.74) is 1.59. The molecule has 0 atom stereocenters. The smallest absolute Gasteiger partial charge is 0.267 e. The maximum atomic E-state index is 12.5. The Morgan fingerprint density at radius 3 is 2.52 bits per heavy atom. The van der Waals surface area contributed by atoms with Gasteiger partial charge < -0.3 is 4.52 Å². The largest absolute Gasteiger partial charge is 0.360 e. The molecular weight excluding hydrogens is 344 g/mol. The van der Waals surface area contributed by atoms with Crippen molar-refractivity contribution in [1.82, 2.24) is 25.4 Å². The molecule has 0 radical (unpaired) electrons. The Morgan fingerprint density at radius 2 is 1.92 bits per heavy atom. The fourth-order valence-electron chi connectivity index (χ4n) is 2.70. The fraction of sp³-hybridized carbons (Fsp3) is 0.333. The van der Waals surface area contributed by atoms with Gasteiger partial charge in [-0.2, -0.15) is 0 Å². The van der Waals surface area contributed by atoms with Crippen molar-refractivity contribution < 1.29 is 12.9 Å². The molecule has 1 aliphatic rings. The SMILES string of the molecule is Cc1noc(C)c1S(=O)(=O)Nc1ccc(-c2nnnn2C2CC2)cc1. The van der Waals surface area contributed by atoms with E-state index in [4.69, 9.17) is 4.52 Å². The van der Waals surface area contributed by atoms with Crippen molar-refractivity contribution in [3.05, 3.63) is 35.7 Å². The predicted octanol–water partition coefficient (Wildman–Crippen LogP) is 2.08. The highest BCUT2D eigenvalue weighted by molar-refractivity contribution is 7.92. The maximum absolute atomic E-state index is 12.5. The van der Waals surface area contributed by atoms with Gasteiger partial charge in [-0.1, -0.05) is 5.16 Å². The summed E-state index contributed by atoms with van der Waals surface area (Å²) in [5, 5.41) is 15.5. The van der Waals surface area contributed by atoms with E-state index in [9.17, 15) is 8.42 Å². The maximum Gasteiger partial charge on any atom is 0.267 e. The lowest BCUT2D eigenvalue weighted by Gasteiger charge is -2.08. The molecule has 3 aromatic rings. The van der Waals surface area contributed by atoms with E-state index in [2.05, 4.69) is 25.4 Å². The van der Waals surface area contributed by atoms with Crippen LogP contribution in [0.4, 0.5) is 5.69 Å². The van der Waals surface area contributed by atoms with E-state index in [1.54, 1.807) is 38.1 Å². The van der Waals surface area contributed by atoms with Crippen molar-refractivity contribution in [3.63, 3.8) is 0 Å². The molecule has 10 heteroatoms. The molecule has 2 heterocycles. The first kappa shape index (κ1) is 15.8. The second-order valence-corrected chi connectivity index (χ2v) is 7.63. The second-order valence-electron chi connectivity index (χ2n) is 6.01. The van der Waals surface area contributed by atoms with E-state index in [0.717, 1.165) is 18.4 Å². The second kappa shape index (κ2) is 5.66. The predicted molar refractivity (Wildman–Crippen MR) is 88.3 cm³/mol. The van der Waals surface area contributed by atoms with Crippen LogP contribution in [-0.2, 0) is 10.0 Å². The van der Waals surface area contributed by atoms with E-state index in [0.29, 0.717) is 23.2 Å². The first-order valence-corrected chi connectivity index (χ1v) is 9.28. The quantitative estimate of drug-likeness (QED) is 0.740. The molecule has 0 unspecified atom stereocenters. The Hall–Kier alpha value is -2.75. The highest BCUT2D eigenvalue weighted by Crippen LogP contribution is 2.36. The van der Waals surface area contributed by atoms with Gasteiger partial charge in [-0.15, -0.1) is 5.10 Å². The summed E-state index contributed by atoms with van der Waals surface area (Å²) in [6, 6.07) is 7.29. The first-order valence-electron chi connectivity index (χ1n) is 7.80. The van der Waals surface area contributed by atoms with Crippen LogP contribution in [0.15, 0.2) is 33.7 Å². The number of hydrogen-bond donors (Lipinski definition) is 1. The number of anilines is 1. The van der Waals surface area contributed by atoms with Crippen molar-refractivity contribution >= 4 is 15.7 Å². The van der Waals surface area contributed by atoms with E-state index < -0.39 is 10.0 Å². The van der Waals surface area contributed by atoms with Crippen LogP contribution >= 0.6 is 0 Å². The summed E-state index contributed by atoms with van der Waals surface area (Å²) in [4.78, 5) is 0.0641. The molecule has 0 bridgehead atoms. The van der Waals surface area contributed by atoms with E-state index in [-0.39, 0.29) is 10.7 Å². The van der Waals surface area contributed by atoms with Crippen LogP contribution in [0.25, 0.3) is 11.4 Å². The number of aromatic nitrogens is 5. The van der Waals surface area contributed by atoms with Gasteiger partial charge in [0.2, 0.25) is 0 Å². The zero-order chi connectivity index (χ0) is 17.6. The molecule has 2 aromatic heterocycles. The summed E-state index contributed by atoms with van der Waals surface area (Å²) in [6.07, 6.45) is 2.15. The van der Waals surface area contributed by atoms with Crippen LogP contribution in [0.5, 0.6) is 0 Å². The van der Waals surface area contributed by atoms with Gasteiger partial charge in [0.05, 0.1) is 6.04 Å². The van der Waals surface area contributed by atoms with Gasteiger partial charge in [-0.25, -0.2) is 13.1 Å². The van der Waals surface area contributed by atoms with Crippen LogP contribution < -0.4 is 4.72 Å². The summed E-state index contributed by atoms with van der Waals surface area (Å²) in [6.45, 7) is 3.15. The minimum atomic E-state index is -3.76. The summed E-state index contributed by atoms with van der Waals surface area (Å²) in [5.74, 6) is 0.938. The van der Waals surface area contributed by atoms with Crippen LogP contribution in [0, 0.1) is 13.8 Å². The number of nitrogens with zero attached hydrogens (tertiary/aromatic N) is 5. The molecule has 25 heavy (non-hydrogen) atoms. The van der Waals surface area contributed by atoms with Gasteiger partial charge in [-0.3, -0.25) is 4.72 Å². The lowest BCUT2D eigenvalue weighted by Crippen LogP contribution is -2.14. The van der Waals surface area contributed by atoms with Gasteiger partial charge in [0.15, 0.2) is 16.5 Å². The Bertz CT molecular complexity index is 998. The van der Waals surface area contributed by atoms with Crippen LogP contribution in [0.2, 0.25) is 0 Å².